The first-order valence-corrected chi connectivity index (χ1v) is 6.93. The van der Waals surface area contributed by atoms with Gasteiger partial charge in [0.15, 0.2) is 0 Å². The number of hydrogen-bond acceptors (Lipinski definition) is 2. The number of nitrogens with two attached hydrogens (primary N) is 1. The number of carbonyl (C=O) groups is 1. The fourth-order valence-corrected chi connectivity index (χ4v) is 2.79. The molecule has 2 rings (SSSR count). The molecule has 1 aromatic carbocycles. The van der Waals surface area contributed by atoms with Gasteiger partial charge < -0.3 is 11.1 Å². The van der Waals surface area contributed by atoms with Crippen molar-refractivity contribution in [2.75, 3.05) is 0 Å². The van der Waals surface area contributed by atoms with Crippen molar-refractivity contribution in [3.05, 3.63) is 35.4 Å². The largest absolute Gasteiger partial charge is 0.349 e. The van der Waals surface area contributed by atoms with E-state index in [4.69, 9.17) is 5.73 Å². The fraction of sp³-hybridized carbons (Fsp3) is 0.533. The minimum Gasteiger partial charge on any atom is -0.349 e. The zero-order chi connectivity index (χ0) is 14.8. The van der Waals surface area contributed by atoms with Crippen LogP contribution in [0.2, 0.25) is 0 Å². The van der Waals surface area contributed by atoms with Crippen LogP contribution in [0.3, 0.4) is 0 Å². The van der Waals surface area contributed by atoms with E-state index in [1.165, 1.54) is 0 Å². The van der Waals surface area contributed by atoms with Gasteiger partial charge in [-0.05, 0) is 38.0 Å². The van der Waals surface area contributed by atoms with E-state index < -0.39 is 23.2 Å². The zero-order valence-electron chi connectivity index (χ0n) is 11.6. The standard InChI is InChI=1S/C15H20F2N2O/c1-10(12-8-11(16)4-5-13(12)17)19-14(20)9-15(18)6-2-3-7-15/h4-5,8,10H,2-3,6-7,9,18H2,1H3,(H,19,20). The number of nitrogens with one attached hydrogen (secondary N) is 1. The predicted molar refractivity (Wildman–Crippen MR) is 72.9 cm³/mol. The summed E-state index contributed by atoms with van der Waals surface area (Å²) in [6.45, 7) is 1.63. The predicted octanol–water partition coefficient (Wildman–Crippen LogP) is 2.80. The van der Waals surface area contributed by atoms with Gasteiger partial charge in [-0.1, -0.05) is 12.8 Å². The molecule has 1 atom stereocenters. The highest BCUT2D eigenvalue weighted by Crippen LogP contribution is 2.30. The average Bonchev–Trinajstić information content (AvgIpc) is 2.78. The Kier molecular flexibility index (Phi) is 4.38. The van der Waals surface area contributed by atoms with Crippen LogP contribution in [-0.4, -0.2) is 11.4 Å². The van der Waals surface area contributed by atoms with E-state index in [0.29, 0.717) is 0 Å². The summed E-state index contributed by atoms with van der Waals surface area (Å²) in [5, 5.41) is 2.69. The molecule has 1 amide bonds. The van der Waals surface area contributed by atoms with Gasteiger partial charge in [0.2, 0.25) is 5.91 Å². The molecule has 0 spiro atoms. The van der Waals surface area contributed by atoms with Crippen LogP contribution in [0, 0.1) is 11.6 Å². The Balaban J connectivity index is 1.98. The first-order valence-electron chi connectivity index (χ1n) is 6.93. The second-order valence-electron chi connectivity index (χ2n) is 5.70. The molecule has 20 heavy (non-hydrogen) atoms. The van der Waals surface area contributed by atoms with Crippen LogP contribution >= 0.6 is 0 Å². The molecule has 0 aromatic heterocycles. The quantitative estimate of drug-likeness (QED) is 0.892. The topological polar surface area (TPSA) is 55.1 Å². The fourth-order valence-electron chi connectivity index (χ4n) is 2.79. The number of carbonyl (C=O) groups excluding carboxylic acids is 1. The molecule has 1 fully saturated rings. The Labute approximate surface area is 117 Å². The number of halogens is 2. The van der Waals surface area contributed by atoms with Gasteiger partial charge in [-0.25, -0.2) is 8.78 Å². The third-order valence-electron chi connectivity index (χ3n) is 3.91. The minimum absolute atomic E-state index is 0.149. The third kappa shape index (κ3) is 3.54. The lowest BCUT2D eigenvalue weighted by atomic mass is 9.94. The van der Waals surface area contributed by atoms with E-state index in [-0.39, 0.29) is 17.9 Å². The van der Waals surface area contributed by atoms with Gasteiger partial charge in [-0.2, -0.15) is 0 Å². The van der Waals surface area contributed by atoms with Crippen molar-refractivity contribution < 1.29 is 13.6 Å². The van der Waals surface area contributed by atoms with Gasteiger partial charge in [0.25, 0.3) is 0 Å². The Morgan fingerprint density at radius 2 is 2.05 bits per heavy atom. The maximum Gasteiger partial charge on any atom is 0.222 e. The van der Waals surface area contributed by atoms with Gasteiger partial charge in [0, 0.05) is 17.5 Å². The summed E-state index contributed by atoms with van der Waals surface area (Å²) in [5.74, 6) is -1.26. The molecule has 3 nitrogen and oxygen atoms in total. The van der Waals surface area contributed by atoms with Crippen molar-refractivity contribution in [2.24, 2.45) is 5.73 Å². The van der Waals surface area contributed by atoms with Crippen LogP contribution in [0.1, 0.15) is 50.6 Å². The Morgan fingerprint density at radius 1 is 1.40 bits per heavy atom. The summed E-state index contributed by atoms with van der Waals surface area (Å²) >= 11 is 0. The number of amides is 1. The number of benzene rings is 1. The van der Waals surface area contributed by atoms with Crippen LogP contribution in [0.15, 0.2) is 18.2 Å². The molecule has 1 aliphatic rings. The maximum absolute atomic E-state index is 13.6. The zero-order valence-corrected chi connectivity index (χ0v) is 11.6. The van der Waals surface area contributed by atoms with Gasteiger partial charge in [-0.15, -0.1) is 0 Å². The lowest BCUT2D eigenvalue weighted by molar-refractivity contribution is -0.122. The van der Waals surface area contributed by atoms with Gasteiger partial charge in [-0.3, -0.25) is 4.79 Å². The van der Waals surface area contributed by atoms with Crippen molar-refractivity contribution >= 4 is 5.91 Å². The van der Waals surface area contributed by atoms with Crippen LogP contribution in [0.4, 0.5) is 8.78 Å². The third-order valence-corrected chi connectivity index (χ3v) is 3.91. The molecule has 3 N–H and O–H groups in total. The highest BCUT2D eigenvalue weighted by atomic mass is 19.1. The van der Waals surface area contributed by atoms with Crippen LogP contribution < -0.4 is 11.1 Å². The average molecular weight is 282 g/mol. The Morgan fingerprint density at radius 3 is 2.70 bits per heavy atom. The van der Waals surface area contributed by atoms with Crippen molar-refractivity contribution in [3.8, 4) is 0 Å². The molecule has 1 aliphatic carbocycles. The van der Waals surface area contributed by atoms with Crippen LogP contribution in [0.25, 0.3) is 0 Å². The molecule has 0 saturated heterocycles. The summed E-state index contributed by atoms with van der Waals surface area (Å²) in [7, 11) is 0. The van der Waals surface area contributed by atoms with Crippen molar-refractivity contribution in [3.63, 3.8) is 0 Å². The first kappa shape index (κ1) is 14.9. The van der Waals surface area contributed by atoms with E-state index in [2.05, 4.69) is 5.32 Å². The molecule has 5 heteroatoms. The first-order chi connectivity index (χ1) is 9.39. The van der Waals surface area contributed by atoms with Crippen LogP contribution in [-0.2, 0) is 4.79 Å². The second-order valence-corrected chi connectivity index (χ2v) is 5.70. The van der Waals surface area contributed by atoms with E-state index >= 15 is 0 Å². The van der Waals surface area contributed by atoms with E-state index in [0.717, 1.165) is 43.9 Å². The molecular weight excluding hydrogens is 262 g/mol. The van der Waals surface area contributed by atoms with Crippen molar-refractivity contribution in [1.29, 1.82) is 0 Å². The second kappa shape index (κ2) is 5.87. The molecule has 0 aliphatic heterocycles. The normalized spacial score (nSPS) is 18.8. The van der Waals surface area contributed by atoms with Crippen LogP contribution in [0.5, 0.6) is 0 Å². The lowest BCUT2D eigenvalue weighted by Crippen LogP contribution is -2.42. The SMILES string of the molecule is CC(NC(=O)CC1(N)CCCC1)c1cc(F)ccc1F. The van der Waals surface area contributed by atoms with E-state index in [9.17, 15) is 13.6 Å². The smallest absolute Gasteiger partial charge is 0.222 e. The number of rotatable bonds is 4. The van der Waals surface area contributed by atoms with Crippen molar-refractivity contribution in [1.82, 2.24) is 5.32 Å². The van der Waals surface area contributed by atoms with Crippen molar-refractivity contribution in [2.45, 2.75) is 50.6 Å². The summed E-state index contributed by atoms with van der Waals surface area (Å²) < 4.78 is 26.7. The van der Waals surface area contributed by atoms with Gasteiger partial charge in [0.05, 0.1) is 6.04 Å². The van der Waals surface area contributed by atoms with Gasteiger partial charge in [0.1, 0.15) is 11.6 Å². The molecule has 110 valence electrons. The molecular formula is C15H20F2N2O. The molecule has 1 saturated carbocycles. The molecule has 1 unspecified atom stereocenters. The Bertz CT molecular complexity index is 499. The summed E-state index contributed by atoms with van der Waals surface area (Å²) in [4.78, 5) is 12.0. The monoisotopic (exact) mass is 282 g/mol. The molecule has 0 heterocycles. The summed E-state index contributed by atoms with van der Waals surface area (Å²) in [6.07, 6.45) is 3.98. The molecule has 1 aromatic rings. The van der Waals surface area contributed by atoms with E-state index in [1.54, 1.807) is 6.92 Å². The highest BCUT2D eigenvalue weighted by Gasteiger charge is 2.32. The molecule has 0 radical (unpaired) electrons. The van der Waals surface area contributed by atoms with Gasteiger partial charge >= 0.3 is 0 Å². The number of hydrogen-bond donors (Lipinski definition) is 2. The maximum atomic E-state index is 13.6. The minimum atomic E-state index is -0.580. The summed E-state index contributed by atoms with van der Waals surface area (Å²) in [5.41, 5.74) is 5.84. The molecule has 0 bridgehead atoms. The Hall–Kier alpha value is -1.49. The summed E-state index contributed by atoms with van der Waals surface area (Å²) in [6, 6.07) is 2.65. The highest BCUT2D eigenvalue weighted by molar-refractivity contribution is 5.77. The lowest BCUT2D eigenvalue weighted by Gasteiger charge is -2.24. The van der Waals surface area contributed by atoms with E-state index in [1.807, 2.05) is 0 Å².